The Labute approximate surface area is 155 Å². The van der Waals surface area contributed by atoms with Crippen LogP contribution in [0.3, 0.4) is 0 Å². The number of ether oxygens (including phenoxy) is 2. The molecule has 3 rings (SSSR count). The first-order valence-corrected chi connectivity index (χ1v) is 8.85. The fourth-order valence-electron chi connectivity index (χ4n) is 3.17. The lowest BCUT2D eigenvalue weighted by Crippen LogP contribution is -2.45. The van der Waals surface area contributed by atoms with Crippen LogP contribution in [0.5, 0.6) is 0 Å². The number of nitrogens with zero attached hydrogens (tertiary/aromatic N) is 1. The number of pyridine rings is 1. The van der Waals surface area contributed by atoms with Crippen LogP contribution in [-0.2, 0) is 25.7 Å². The summed E-state index contributed by atoms with van der Waals surface area (Å²) in [7, 11) is 0. The van der Waals surface area contributed by atoms with E-state index in [0.717, 1.165) is 5.39 Å². The zero-order chi connectivity index (χ0) is 19.2. The molecule has 0 saturated carbocycles. The molecule has 0 aliphatic carbocycles. The SMILES string of the molecule is O=C1CCC(n2c(COCCOCCO)cc3ccccc3c2=O)C(=O)N1. The third-order valence-electron chi connectivity index (χ3n) is 4.42. The van der Waals surface area contributed by atoms with Crippen molar-refractivity contribution in [1.82, 2.24) is 9.88 Å². The largest absolute Gasteiger partial charge is 0.394 e. The molecule has 1 atom stereocenters. The van der Waals surface area contributed by atoms with Gasteiger partial charge in [0.15, 0.2) is 0 Å². The minimum atomic E-state index is -0.746. The highest BCUT2D eigenvalue weighted by atomic mass is 16.5. The van der Waals surface area contributed by atoms with Gasteiger partial charge in [-0.05, 0) is 23.9 Å². The van der Waals surface area contributed by atoms with Crippen LogP contribution in [-0.4, -0.2) is 47.9 Å². The second-order valence-electron chi connectivity index (χ2n) is 6.25. The molecule has 1 saturated heterocycles. The van der Waals surface area contributed by atoms with E-state index in [9.17, 15) is 14.4 Å². The molecule has 27 heavy (non-hydrogen) atoms. The molecule has 2 heterocycles. The lowest BCUT2D eigenvalue weighted by atomic mass is 10.0. The van der Waals surface area contributed by atoms with Crippen LogP contribution in [0.2, 0.25) is 0 Å². The number of hydrogen-bond acceptors (Lipinski definition) is 6. The number of aliphatic hydroxyl groups is 1. The van der Waals surface area contributed by atoms with Gasteiger partial charge in [-0.25, -0.2) is 0 Å². The minimum Gasteiger partial charge on any atom is -0.394 e. The summed E-state index contributed by atoms with van der Waals surface area (Å²) >= 11 is 0. The van der Waals surface area contributed by atoms with E-state index in [-0.39, 0.29) is 50.7 Å². The van der Waals surface area contributed by atoms with E-state index in [1.165, 1.54) is 4.57 Å². The second-order valence-corrected chi connectivity index (χ2v) is 6.25. The number of benzene rings is 1. The molecule has 1 aliphatic heterocycles. The maximum Gasteiger partial charge on any atom is 0.259 e. The predicted molar refractivity (Wildman–Crippen MR) is 97.2 cm³/mol. The number of carbonyl (C=O) groups is 2. The molecule has 1 aromatic heterocycles. The number of rotatable bonds is 8. The third-order valence-corrected chi connectivity index (χ3v) is 4.42. The smallest absolute Gasteiger partial charge is 0.259 e. The van der Waals surface area contributed by atoms with E-state index in [2.05, 4.69) is 5.32 Å². The summed E-state index contributed by atoms with van der Waals surface area (Å²) < 4.78 is 12.2. The highest BCUT2D eigenvalue weighted by Crippen LogP contribution is 2.22. The number of aliphatic hydroxyl groups excluding tert-OH is 1. The molecule has 1 unspecified atom stereocenters. The Hall–Kier alpha value is -2.55. The summed E-state index contributed by atoms with van der Waals surface area (Å²) in [6, 6.07) is 8.24. The monoisotopic (exact) mass is 374 g/mol. The van der Waals surface area contributed by atoms with Gasteiger partial charge in [0.25, 0.3) is 5.56 Å². The molecular weight excluding hydrogens is 352 g/mol. The Balaban J connectivity index is 1.89. The molecule has 144 valence electrons. The number of amides is 2. The highest BCUT2D eigenvalue weighted by molar-refractivity contribution is 5.99. The van der Waals surface area contributed by atoms with Crippen molar-refractivity contribution in [2.24, 2.45) is 0 Å². The molecule has 2 amide bonds. The zero-order valence-corrected chi connectivity index (χ0v) is 14.8. The average molecular weight is 374 g/mol. The topological polar surface area (TPSA) is 107 Å². The number of nitrogens with one attached hydrogen (secondary N) is 1. The molecule has 1 fully saturated rings. The number of imide groups is 1. The molecular formula is C19H22N2O6. The molecule has 8 heteroatoms. The van der Waals surface area contributed by atoms with Gasteiger partial charge < -0.3 is 14.6 Å². The normalized spacial score (nSPS) is 17.3. The summed E-state index contributed by atoms with van der Waals surface area (Å²) in [6.07, 6.45) is 0.459. The van der Waals surface area contributed by atoms with E-state index in [0.29, 0.717) is 17.7 Å². The maximum absolute atomic E-state index is 13.0. The molecule has 1 aliphatic rings. The van der Waals surface area contributed by atoms with Crippen molar-refractivity contribution in [2.45, 2.75) is 25.5 Å². The summed E-state index contributed by atoms with van der Waals surface area (Å²) in [4.78, 5) is 36.8. The Kier molecular flexibility index (Phi) is 6.33. The predicted octanol–water partition coefficient (Wildman–Crippen LogP) is 0.505. The number of fused-ring (bicyclic) bond motifs is 1. The Bertz CT molecular complexity index is 891. The number of aromatic nitrogens is 1. The van der Waals surface area contributed by atoms with Crippen molar-refractivity contribution in [2.75, 3.05) is 26.4 Å². The van der Waals surface area contributed by atoms with Gasteiger partial charge in [0.2, 0.25) is 11.8 Å². The summed E-state index contributed by atoms with van der Waals surface area (Å²) in [5.41, 5.74) is 0.285. The fraction of sp³-hybridized carbons (Fsp3) is 0.421. The van der Waals surface area contributed by atoms with Crippen LogP contribution < -0.4 is 10.9 Å². The van der Waals surface area contributed by atoms with Crippen molar-refractivity contribution in [1.29, 1.82) is 0 Å². The molecule has 0 spiro atoms. The van der Waals surface area contributed by atoms with Crippen LogP contribution in [0.25, 0.3) is 10.8 Å². The Morgan fingerprint density at radius 1 is 1.11 bits per heavy atom. The number of carbonyl (C=O) groups excluding carboxylic acids is 2. The van der Waals surface area contributed by atoms with Crippen molar-refractivity contribution in [3.63, 3.8) is 0 Å². The van der Waals surface area contributed by atoms with E-state index in [4.69, 9.17) is 14.6 Å². The molecule has 0 bridgehead atoms. The second kappa shape index (κ2) is 8.90. The lowest BCUT2D eigenvalue weighted by Gasteiger charge is -2.26. The average Bonchev–Trinajstić information content (AvgIpc) is 2.66. The van der Waals surface area contributed by atoms with Crippen LogP contribution in [0, 0.1) is 0 Å². The zero-order valence-electron chi connectivity index (χ0n) is 14.8. The molecule has 2 N–H and O–H groups in total. The van der Waals surface area contributed by atoms with E-state index in [1.54, 1.807) is 12.1 Å². The first-order valence-electron chi connectivity index (χ1n) is 8.85. The van der Waals surface area contributed by atoms with Crippen LogP contribution in [0.1, 0.15) is 24.6 Å². The maximum atomic E-state index is 13.0. The molecule has 0 radical (unpaired) electrons. The summed E-state index contributed by atoms with van der Waals surface area (Å²) in [5, 5.41) is 12.3. The first kappa shape index (κ1) is 19.2. The van der Waals surface area contributed by atoms with Gasteiger partial charge in [-0.15, -0.1) is 0 Å². The first-order chi connectivity index (χ1) is 13.1. The number of hydrogen-bond donors (Lipinski definition) is 2. The van der Waals surface area contributed by atoms with Gasteiger partial charge in [0, 0.05) is 17.5 Å². The standard InChI is InChI=1S/C19H22N2O6/c22-7-8-26-9-10-27-12-14-11-13-3-1-2-4-15(13)19(25)21(14)16-5-6-17(23)20-18(16)24/h1-4,11,16,22H,5-10,12H2,(H,20,23,24). The van der Waals surface area contributed by atoms with Gasteiger partial charge in [-0.3, -0.25) is 24.3 Å². The fourth-order valence-corrected chi connectivity index (χ4v) is 3.17. The lowest BCUT2D eigenvalue weighted by molar-refractivity contribution is -0.135. The molecule has 8 nitrogen and oxygen atoms in total. The van der Waals surface area contributed by atoms with E-state index >= 15 is 0 Å². The molecule has 1 aromatic carbocycles. The summed E-state index contributed by atoms with van der Waals surface area (Å²) in [6.45, 7) is 0.910. The van der Waals surface area contributed by atoms with Crippen LogP contribution >= 0.6 is 0 Å². The molecule has 2 aromatic rings. The van der Waals surface area contributed by atoms with Gasteiger partial charge in [-0.2, -0.15) is 0 Å². The van der Waals surface area contributed by atoms with E-state index in [1.807, 2.05) is 18.2 Å². The van der Waals surface area contributed by atoms with Crippen molar-refractivity contribution in [3.8, 4) is 0 Å². The van der Waals surface area contributed by atoms with Crippen molar-refractivity contribution >= 4 is 22.6 Å². The number of piperidine rings is 1. The van der Waals surface area contributed by atoms with Gasteiger partial charge in [0.1, 0.15) is 6.04 Å². The Morgan fingerprint density at radius 2 is 1.89 bits per heavy atom. The van der Waals surface area contributed by atoms with Crippen molar-refractivity contribution < 1.29 is 24.2 Å². The van der Waals surface area contributed by atoms with Gasteiger partial charge in [-0.1, -0.05) is 18.2 Å². The van der Waals surface area contributed by atoms with Crippen LogP contribution in [0.4, 0.5) is 0 Å². The highest BCUT2D eigenvalue weighted by Gasteiger charge is 2.30. The van der Waals surface area contributed by atoms with Gasteiger partial charge >= 0.3 is 0 Å². The van der Waals surface area contributed by atoms with E-state index < -0.39 is 11.9 Å². The third kappa shape index (κ3) is 4.41. The quantitative estimate of drug-likeness (QED) is 0.515. The van der Waals surface area contributed by atoms with Crippen molar-refractivity contribution in [3.05, 3.63) is 46.4 Å². The summed E-state index contributed by atoms with van der Waals surface area (Å²) in [5.74, 6) is -0.805. The van der Waals surface area contributed by atoms with Gasteiger partial charge in [0.05, 0.1) is 33.0 Å². The van der Waals surface area contributed by atoms with Crippen LogP contribution in [0.15, 0.2) is 35.1 Å². The Morgan fingerprint density at radius 3 is 2.67 bits per heavy atom. The minimum absolute atomic E-state index is 0.0558.